The highest BCUT2D eigenvalue weighted by molar-refractivity contribution is 7.98. The Balaban J connectivity index is 1.72. The molecule has 4 atom stereocenters. The van der Waals surface area contributed by atoms with Crippen molar-refractivity contribution in [1.29, 1.82) is 0 Å². The molecule has 15 heteroatoms. The summed E-state index contributed by atoms with van der Waals surface area (Å²) in [5.74, 6) is -0.682. The number of fused-ring (bicyclic) bond motifs is 1. The summed E-state index contributed by atoms with van der Waals surface area (Å²) in [6, 6.07) is 0. The van der Waals surface area contributed by atoms with Gasteiger partial charge in [-0.1, -0.05) is 11.8 Å². The van der Waals surface area contributed by atoms with Gasteiger partial charge in [0.15, 0.2) is 28.4 Å². The predicted octanol–water partition coefficient (Wildman–Crippen LogP) is 0.559. The molecular weight excluding hydrogens is 465 g/mol. The molecule has 0 aromatic carbocycles. The van der Waals surface area contributed by atoms with Crippen molar-refractivity contribution in [3.63, 3.8) is 0 Å². The van der Waals surface area contributed by atoms with Gasteiger partial charge < -0.3 is 34.5 Å². The van der Waals surface area contributed by atoms with Gasteiger partial charge in [0.2, 0.25) is 0 Å². The maximum atomic E-state index is 12.5. The van der Waals surface area contributed by atoms with Crippen LogP contribution in [0.5, 0.6) is 0 Å². The molecule has 1 fully saturated rings. The Morgan fingerprint density at radius 1 is 1.28 bits per heavy atom. The Hall–Kier alpha value is -1.80. The first kappa shape index (κ1) is 24.8. The van der Waals surface area contributed by atoms with E-state index >= 15 is 0 Å². The third-order valence-electron chi connectivity index (χ3n) is 4.63. The minimum Gasteiger partial charge on any atom is -0.462 e. The zero-order valence-electron chi connectivity index (χ0n) is 17.8. The van der Waals surface area contributed by atoms with Crippen molar-refractivity contribution in [3.05, 3.63) is 6.33 Å². The molecule has 0 saturated carbocycles. The van der Waals surface area contributed by atoms with Gasteiger partial charge in [-0.25, -0.2) is 15.0 Å². The smallest absolute Gasteiger partial charge is 0.341 e. The second-order valence-electron chi connectivity index (χ2n) is 6.73. The number of ether oxygens (including phenoxy) is 2. The van der Waals surface area contributed by atoms with E-state index in [4.69, 9.17) is 24.3 Å². The average Bonchev–Trinajstić information content (AvgIpc) is 3.25. The number of nitrogens with zero attached hydrogens (tertiary/aromatic N) is 4. The maximum absolute atomic E-state index is 12.5. The topological polar surface area (TPSA) is 181 Å². The lowest BCUT2D eigenvalue weighted by molar-refractivity contribution is -0.147. The molecule has 1 aliphatic rings. The maximum Gasteiger partial charge on any atom is 0.341 e. The van der Waals surface area contributed by atoms with Crippen molar-refractivity contribution in [2.75, 3.05) is 38.0 Å². The number of carbonyl (C=O) groups is 1. The van der Waals surface area contributed by atoms with Crippen molar-refractivity contribution < 1.29 is 38.1 Å². The van der Waals surface area contributed by atoms with E-state index in [0.29, 0.717) is 16.3 Å². The van der Waals surface area contributed by atoms with Gasteiger partial charge in [0.05, 0.1) is 13.2 Å². The second-order valence-corrected chi connectivity index (χ2v) is 9.56. The number of aromatic nitrogens is 4. The molecule has 32 heavy (non-hydrogen) atoms. The summed E-state index contributed by atoms with van der Waals surface area (Å²) in [7, 11) is -3.63. The molecule has 13 nitrogen and oxygen atoms in total. The lowest BCUT2D eigenvalue weighted by Crippen LogP contribution is -2.34. The monoisotopic (exact) mass is 491 g/mol. The lowest BCUT2D eigenvalue weighted by atomic mass is 10.1. The normalized spacial score (nSPS) is 23.7. The van der Waals surface area contributed by atoms with E-state index < -0.39 is 44.3 Å². The van der Waals surface area contributed by atoms with E-state index in [-0.39, 0.29) is 25.6 Å². The molecule has 0 radical (unpaired) electrons. The number of aliphatic hydroxyl groups excluding tert-OH is 2. The van der Waals surface area contributed by atoms with Gasteiger partial charge in [-0.05, 0) is 20.1 Å². The molecule has 3 heterocycles. The molecule has 0 aliphatic carbocycles. The third-order valence-corrected chi connectivity index (χ3v) is 7.23. The number of esters is 1. The number of carbonyl (C=O) groups excluding carboxylic acids is 1. The number of imidazole rings is 1. The molecule has 0 amide bonds. The second kappa shape index (κ2) is 10.4. The van der Waals surface area contributed by atoms with Crippen LogP contribution in [0, 0.1) is 0 Å². The zero-order valence-corrected chi connectivity index (χ0v) is 19.5. The van der Waals surface area contributed by atoms with Crippen molar-refractivity contribution in [2.45, 2.75) is 43.5 Å². The van der Waals surface area contributed by atoms with Crippen LogP contribution in [0.3, 0.4) is 0 Å². The van der Waals surface area contributed by atoms with Gasteiger partial charge in [0, 0.05) is 0 Å². The lowest BCUT2D eigenvalue weighted by Gasteiger charge is -2.19. The molecule has 1 aliphatic heterocycles. The fourth-order valence-electron chi connectivity index (χ4n) is 3.26. The van der Waals surface area contributed by atoms with Gasteiger partial charge in [-0.3, -0.25) is 13.9 Å². The molecule has 0 bridgehead atoms. The first-order chi connectivity index (χ1) is 15.2. The fourth-order valence-corrected chi connectivity index (χ4v) is 5.28. The van der Waals surface area contributed by atoms with Crippen LogP contribution < -0.4 is 5.73 Å². The summed E-state index contributed by atoms with van der Waals surface area (Å²) in [4.78, 5) is 24.6. The van der Waals surface area contributed by atoms with Gasteiger partial charge >= 0.3 is 13.6 Å². The molecule has 2 aromatic heterocycles. The standard InChI is InChI=1S/C17H26N5O8PS/c1-4-28-31(26,29-5-2)7-10(23)27-6-9-12(24)13(25)16(30-9)22-15-11(21-17(22)32-3)14(18)19-8-20-15/h8-9,12-13,16,24-25H,4-7H2,1-3H3,(H2,18,19,20)/t9-,12-,13-,16-/m1/s1. The number of thioether (sulfide) groups is 1. The highest BCUT2D eigenvalue weighted by Crippen LogP contribution is 2.47. The number of anilines is 1. The Morgan fingerprint density at radius 3 is 2.59 bits per heavy atom. The summed E-state index contributed by atoms with van der Waals surface area (Å²) < 4.78 is 35.0. The van der Waals surface area contributed by atoms with E-state index in [1.54, 1.807) is 20.1 Å². The Labute approximate surface area is 188 Å². The zero-order chi connectivity index (χ0) is 23.5. The number of rotatable bonds is 10. The van der Waals surface area contributed by atoms with Crippen molar-refractivity contribution in [1.82, 2.24) is 19.5 Å². The fraction of sp³-hybridized carbons (Fsp3) is 0.647. The van der Waals surface area contributed by atoms with Gasteiger partial charge in [0.25, 0.3) is 0 Å². The number of aliphatic hydroxyl groups is 2. The van der Waals surface area contributed by atoms with Crippen LogP contribution in [0.25, 0.3) is 11.2 Å². The number of hydrogen-bond acceptors (Lipinski definition) is 13. The van der Waals surface area contributed by atoms with Gasteiger partial charge in [-0.15, -0.1) is 0 Å². The van der Waals surface area contributed by atoms with E-state index in [1.807, 2.05) is 0 Å². The SMILES string of the molecule is CCOP(=O)(CC(=O)OC[C@H]1O[C@@H](n2c(SC)nc3c(N)ncnc32)[C@H](O)[C@@H]1O)OCC. The minimum atomic E-state index is -3.63. The average molecular weight is 491 g/mol. The number of hydrogen-bond donors (Lipinski definition) is 3. The van der Waals surface area contributed by atoms with E-state index in [9.17, 15) is 19.6 Å². The van der Waals surface area contributed by atoms with Gasteiger partial charge in [0.1, 0.15) is 37.4 Å². The first-order valence-electron chi connectivity index (χ1n) is 9.82. The summed E-state index contributed by atoms with van der Waals surface area (Å²) in [5, 5.41) is 21.5. The number of nitrogens with two attached hydrogens (primary N) is 1. The van der Waals surface area contributed by atoms with E-state index in [0.717, 1.165) is 0 Å². The molecule has 3 rings (SSSR count). The third kappa shape index (κ3) is 5.06. The van der Waals surface area contributed by atoms with Crippen LogP contribution in [0.15, 0.2) is 11.5 Å². The molecular formula is C17H26N5O8PS. The van der Waals surface area contributed by atoms with Crippen LogP contribution in [0.4, 0.5) is 5.82 Å². The van der Waals surface area contributed by atoms with Crippen LogP contribution in [0.1, 0.15) is 20.1 Å². The molecule has 0 unspecified atom stereocenters. The van der Waals surface area contributed by atoms with Crippen LogP contribution in [-0.2, 0) is 27.9 Å². The van der Waals surface area contributed by atoms with E-state index in [1.165, 1.54) is 22.7 Å². The van der Waals surface area contributed by atoms with Crippen LogP contribution >= 0.6 is 19.4 Å². The van der Waals surface area contributed by atoms with Crippen molar-refractivity contribution >= 4 is 42.3 Å². The number of nitrogen functional groups attached to an aromatic ring is 1. The quantitative estimate of drug-likeness (QED) is 0.238. The van der Waals surface area contributed by atoms with Crippen LogP contribution in [0.2, 0.25) is 0 Å². The Bertz CT molecular complexity index is 997. The minimum absolute atomic E-state index is 0.105. The molecule has 0 spiro atoms. The van der Waals surface area contributed by atoms with Gasteiger partial charge in [-0.2, -0.15) is 0 Å². The molecule has 1 saturated heterocycles. The highest BCUT2D eigenvalue weighted by Gasteiger charge is 2.46. The Morgan fingerprint density at radius 2 is 1.97 bits per heavy atom. The summed E-state index contributed by atoms with van der Waals surface area (Å²) >= 11 is 1.27. The molecule has 2 aromatic rings. The van der Waals surface area contributed by atoms with Crippen molar-refractivity contribution in [2.24, 2.45) is 0 Å². The molecule has 4 N–H and O–H groups in total. The Kier molecular flexibility index (Phi) is 8.09. The highest BCUT2D eigenvalue weighted by atomic mass is 32.2. The summed E-state index contributed by atoms with van der Waals surface area (Å²) in [6.07, 6.45) is -2.40. The van der Waals surface area contributed by atoms with Crippen molar-refractivity contribution in [3.8, 4) is 0 Å². The first-order valence-corrected chi connectivity index (χ1v) is 12.8. The molecule has 178 valence electrons. The summed E-state index contributed by atoms with van der Waals surface area (Å²) in [6.45, 7) is 3.08. The van der Waals surface area contributed by atoms with Crippen LogP contribution in [-0.4, -0.2) is 86.3 Å². The summed E-state index contributed by atoms with van der Waals surface area (Å²) in [5.41, 5.74) is 6.52. The van der Waals surface area contributed by atoms with E-state index in [2.05, 4.69) is 15.0 Å². The largest absolute Gasteiger partial charge is 0.462 e. The predicted molar refractivity (Wildman–Crippen MR) is 114 cm³/mol.